The first-order chi connectivity index (χ1) is 16.4. The van der Waals surface area contributed by atoms with Gasteiger partial charge in [-0.15, -0.1) is 0 Å². The number of nitrogens with zero attached hydrogens (tertiary/aromatic N) is 1. The zero-order valence-corrected chi connectivity index (χ0v) is 25.9. The van der Waals surface area contributed by atoms with Crippen LogP contribution in [0.2, 0.25) is 0 Å². The van der Waals surface area contributed by atoms with E-state index < -0.39 is 101 Å². The van der Waals surface area contributed by atoms with E-state index in [-0.39, 0.29) is 59.1 Å². The molecule has 0 aliphatic carbocycles. The molecule has 0 amide bonds. The molecule has 38 heavy (non-hydrogen) atoms. The number of ether oxygens (including phenoxy) is 4. The van der Waals surface area contributed by atoms with Crippen LogP contribution in [0.3, 0.4) is 0 Å². The second-order valence-electron chi connectivity index (χ2n) is 7.41. The second kappa shape index (κ2) is 15.6. The number of methoxy groups -OCH3 is 1. The molecule has 2 rings (SSSR count). The quantitative estimate of drug-likeness (QED) is 0.0401. The van der Waals surface area contributed by atoms with Gasteiger partial charge in [-0.3, -0.25) is 13.7 Å². The Morgan fingerprint density at radius 2 is 1.58 bits per heavy atom. The molecular weight excluding hydrogens is 592 g/mol. The Hall–Kier alpha value is 0.400. The first-order valence-corrected chi connectivity index (χ1v) is 12.4. The van der Waals surface area contributed by atoms with E-state index in [9.17, 15) is 51.7 Å². The van der Waals surface area contributed by atoms with Crippen molar-refractivity contribution in [3.8, 4) is 0 Å². The van der Waals surface area contributed by atoms with Gasteiger partial charge in [0.05, 0.1) is 13.7 Å². The Morgan fingerprint density at radius 3 is 2.05 bits per heavy atom. The van der Waals surface area contributed by atoms with Crippen LogP contribution in [-0.2, 0) is 52.9 Å². The number of esters is 1. The third-order valence-corrected chi connectivity index (χ3v) is 5.76. The number of aliphatic hydroxyl groups is 4. The first-order valence-electron chi connectivity index (χ1n) is 9.69. The molecule has 2 aliphatic rings. The summed E-state index contributed by atoms with van der Waals surface area (Å²) < 4.78 is 92.0. The smallest absolute Gasteiger partial charge is 0.862 e. The van der Waals surface area contributed by atoms with E-state index in [0.717, 1.165) is 14.0 Å². The van der Waals surface area contributed by atoms with Gasteiger partial charge in [0, 0.05) is 0 Å². The number of carbonyl (C=O) groups is 1. The minimum absolute atomic E-state index is 0. The zero-order valence-electron chi connectivity index (χ0n) is 20.3. The summed E-state index contributed by atoms with van der Waals surface area (Å²) in [5.74, 6) is -2.23. The van der Waals surface area contributed by atoms with Crippen LogP contribution in [0, 0.1) is 0 Å². The van der Waals surface area contributed by atoms with Crippen LogP contribution in [0.1, 0.15) is 6.92 Å². The van der Waals surface area contributed by atoms with Gasteiger partial charge in [-0.2, -0.15) is 8.42 Å². The monoisotopic (exact) mass is 615 g/mol. The molecular formula is C15H23NNa2O18S2. The maximum Gasteiger partial charge on any atom is 1.00 e. The topological polar surface area (TPSA) is 300 Å². The average molecular weight is 615 g/mol. The molecule has 2 saturated heterocycles. The third kappa shape index (κ3) is 10.7. The van der Waals surface area contributed by atoms with Gasteiger partial charge in [-0.1, -0.05) is 0 Å². The molecule has 0 radical (unpaired) electrons. The Morgan fingerprint density at radius 1 is 1.00 bits per heavy atom. The van der Waals surface area contributed by atoms with Gasteiger partial charge in [-0.25, -0.2) is 17.4 Å². The van der Waals surface area contributed by atoms with E-state index in [0.29, 0.717) is 0 Å². The van der Waals surface area contributed by atoms with E-state index in [2.05, 4.69) is 18.1 Å². The molecule has 0 unspecified atom stereocenters. The summed E-state index contributed by atoms with van der Waals surface area (Å²) in [7, 11) is -9.80. The first kappa shape index (κ1) is 38.4. The molecule has 2 heterocycles. The number of carbonyl (C=O) groups excluding carboxylic acids is 1. The van der Waals surface area contributed by atoms with Crippen molar-refractivity contribution in [3.63, 3.8) is 0 Å². The molecule has 5 N–H and O–H groups in total. The molecule has 23 heteroatoms. The van der Waals surface area contributed by atoms with Crippen molar-refractivity contribution < 1.29 is 143 Å². The second-order valence-corrected chi connectivity index (χ2v) is 9.51. The molecule has 210 valence electrons. The van der Waals surface area contributed by atoms with Gasteiger partial charge < -0.3 is 49.0 Å². The van der Waals surface area contributed by atoms with Gasteiger partial charge in [0.1, 0.15) is 36.6 Å². The molecule has 2 fully saturated rings. The molecule has 0 bridgehead atoms. The molecule has 10 atom stereocenters. The molecule has 0 aromatic heterocycles. The summed E-state index contributed by atoms with van der Waals surface area (Å²) in [4.78, 5) is 15.4. The molecule has 0 aromatic rings. The molecule has 0 spiro atoms. The largest absolute Gasteiger partial charge is 1.00 e. The molecule has 19 nitrogen and oxygen atoms in total. The Labute approximate surface area is 260 Å². The molecule has 2 aliphatic heterocycles. The van der Waals surface area contributed by atoms with Crippen LogP contribution in [0.15, 0.2) is 4.99 Å². The SMILES string of the molecule is COC(=O)[C@H]1O[C@@H](O[C@H]2[C@H](O)[C@@H](COS(=O)(=O)[O-])O[C@@H](O)[C@@H]2N=C(C)[O-])[C@H](OS(=O)(=O)O)[C@@H](O)[C@@H]1O.[Na+].[Na+]. The predicted molar refractivity (Wildman–Crippen MR) is 103 cm³/mol. The summed E-state index contributed by atoms with van der Waals surface area (Å²) in [6, 6.07) is -1.83. The van der Waals surface area contributed by atoms with Gasteiger partial charge in [0.15, 0.2) is 24.8 Å². The minimum Gasteiger partial charge on any atom is -0.862 e. The van der Waals surface area contributed by atoms with E-state index in [4.69, 9.17) is 18.8 Å². The number of hydrogen-bond acceptors (Lipinski definition) is 18. The fourth-order valence-electron chi connectivity index (χ4n) is 3.37. The van der Waals surface area contributed by atoms with Gasteiger partial charge in [-0.05, 0) is 12.8 Å². The van der Waals surface area contributed by atoms with Crippen LogP contribution in [-0.4, -0.2) is 133 Å². The average Bonchev–Trinajstić information content (AvgIpc) is 2.74. The van der Waals surface area contributed by atoms with Gasteiger partial charge in [0.25, 0.3) is 0 Å². The fourth-order valence-corrected chi connectivity index (χ4v) is 4.15. The number of aliphatic hydroxyl groups excluding tert-OH is 4. The summed E-state index contributed by atoms with van der Waals surface area (Å²) in [6.45, 7) is -0.247. The molecule has 0 aromatic carbocycles. The Bertz CT molecular complexity index is 1020. The van der Waals surface area contributed by atoms with Crippen molar-refractivity contribution >= 4 is 32.7 Å². The Kier molecular flexibility index (Phi) is 15.7. The fraction of sp³-hybridized carbons (Fsp3) is 0.867. The summed E-state index contributed by atoms with van der Waals surface area (Å²) in [6.07, 6.45) is -19.2. The summed E-state index contributed by atoms with van der Waals surface area (Å²) in [5, 5.41) is 52.9. The van der Waals surface area contributed by atoms with Crippen LogP contribution in [0.4, 0.5) is 0 Å². The van der Waals surface area contributed by atoms with Crippen molar-refractivity contribution in [3.05, 3.63) is 0 Å². The normalized spacial score (nSPS) is 36.5. The number of aliphatic imine (C=N–C) groups is 1. The van der Waals surface area contributed by atoms with Crippen molar-refractivity contribution in [2.24, 2.45) is 4.99 Å². The molecule has 0 saturated carbocycles. The maximum absolute atomic E-state index is 12.0. The number of rotatable bonds is 9. The predicted octanol–water partition coefficient (Wildman–Crippen LogP) is -12.1. The van der Waals surface area contributed by atoms with Gasteiger partial charge in [0.2, 0.25) is 10.4 Å². The summed E-state index contributed by atoms with van der Waals surface area (Å²) in [5.41, 5.74) is 0. The van der Waals surface area contributed by atoms with E-state index in [1.54, 1.807) is 0 Å². The van der Waals surface area contributed by atoms with Crippen molar-refractivity contribution in [2.75, 3.05) is 13.7 Å². The van der Waals surface area contributed by atoms with Crippen LogP contribution >= 0.6 is 0 Å². The van der Waals surface area contributed by atoms with E-state index in [1.165, 1.54) is 0 Å². The van der Waals surface area contributed by atoms with Crippen molar-refractivity contribution in [1.29, 1.82) is 0 Å². The van der Waals surface area contributed by atoms with Gasteiger partial charge >= 0.3 is 75.5 Å². The van der Waals surface area contributed by atoms with Crippen LogP contribution in [0.5, 0.6) is 0 Å². The van der Waals surface area contributed by atoms with E-state index in [1.807, 2.05) is 0 Å². The summed E-state index contributed by atoms with van der Waals surface area (Å²) >= 11 is 0. The van der Waals surface area contributed by atoms with Crippen molar-refractivity contribution in [2.45, 2.75) is 68.3 Å². The maximum atomic E-state index is 12.0. The van der Waals surface area contributed by atoms with Crippen LogP contribution < -0.4 is 64.2 Å². The number of hydrogen-bond donors (Lipinski definition) is 5. The van der Waals surface area contributed by atoms with Crippen LogP contribution in [0.25, 0.3) is 0 Å². The third-order valence-electron chi connectivity index (χ3n) is 4.87. The van der Waals surface area contributed by atoms with E-state index >= 15 is 0 Å². The van der Waals surface area contributed by atoms with Crippen molar-refractivity contribution in [1.82, 2.24) is 0 Å². The zero-order chi connectivity index (χ0) is 27.6. The Balaban J connectivity index is 0.00000684. The standard InChI is InChI=1S/C15H25NO18S2.2Na/c1-4(17)16-6-10(7(18)5(31-13(6)21)3-30-35(23,24)25)32-15-12(34-36(26,27)28)9(20)8(19)11(33-15)14(22)29-2;;/h5-13,15,18-21H,3H2,1-2H3,(H,16,17)(H,23,24,25)(H,26,27,28);;/q;2*+1/p-2/t5-,6-,7-,8+,9+,10-,11+,12-,13-,15-;;/m1../s1. The minimum atomic E-state index is -5.37.